The second kappa shape index (κ2) is 4.94. The zero-order valence-corrected chi connectivity index (χ0v) is 11.4. The molecule has 1 aliphatic heterocycles. The zero-order chi connectivity index (χ0) is 15.0. The van der Waals surface area contributed by atoms with E-state index in [9.17, 15) is 18.4 Å². The molecule has 5 nitrogen and oxygen atoms in total. The third kappa shape index (κ3) is 3.33. The predicted octanol–water partition coefficient (Wildman–Crippen LogP) is 2.21. The number of carboxylic acid groups (broad SMARTS) is 1. The minimum Gasteiger partial charge on any atom is -0.481 e. The fourth-order valence-corrected chi connectivity index (χ4v) is 2.06. The van der Waals surface area contributed by atoms with Crippen LogP contribution in [0.25, 0.3) is 0 Å². The predicted molar refractivity (Wildman–Crippen MR) is 63.0 cm³/mol. The Bertz CT molecular complexity index is 380. The van der Waals surface area contributed by atoms with Gasteiger partial charge in [-0.05, 0) is 20.8 Å². The van der Waals surface area contributed by atoms with Crippen molar-refractivity contribution in [2.45, 2.75) is 39.7 Å². The number of carboxylic acids is 1. The number of aliphatic carboxylic acids is 1. The minimum absolute atomic E-state index is 0.259. The average Bonchev–Trinajstić information content (AvgIpc) is 2.55. The molecule has 110 valence electrons. The minimum atomic E-state index is -2.82. The molecule has 0 aromatic carbocycles. The number of rotatable bonds is 2. The van der Waals surface area contributed by atoms with Crippen molar-refractivity contribution in [3.05, 3.63) is 0 Å². The molecule has 0 aliphatic carbocycles. The van der Waals surface area contributed by atoms with Crippen molar-refractivity contribution < 1.29 is 28.2 Å². The van der Waals surface area contributed by atoms with Gasteiger partial charge < -0.3 is 14.7 Å². The number of ether oxygens (including phenoxy) is 1. The summed E-state index contributed by atoms with van der Waals surface area (Å²) in [5.74, 6) is -2.62. The number of carbonyl (C=O) groups is 2. The Kier molecular flexibility index (Phi) is 4.07. The lowest BCUT2D eigenvalue weighted by molar-refractivity contribution is -0.148. The lowest BCUT2D eigenvalue weighted by Gasteiger charge is -2.27. The molecular formula is C12H19F2NO4. The van der Waals surface area contributed by atoms with Crippen LogP contribution in [0, 0.1) is 11.3 Å². The van der Waals surface area contributed by atoms with E-state index in [1.54, 1.807) is 20.8 Å². The van der Waals surface area contributed by atoms with Gasteiger partial charge in [0, 0.05) is 13.1 Å². The van der Waals surface area contributed by atoms with Crippen LogP contribution in [0.2, 0.25) is 0 Å². The Balaban J connectivity index is 2.87. The number of carbonyl (C=O) groups excluding carboxylic acids is 1. The van der Waals surface area contributed by atoms with E-state index in [0.29, 0.717) is 0 Å². The Morgan fingerprint density at radius 2 is 1.95 bits per heavy atom. The number of halogens is 2. The van der Waals surface area contributed by atoms with Gasteiger partial charge >= 0.3 is 12.1 Å². The second-order valence-corrected chi connectivity index (χ2v) is 6.06. The molecule has 1 heterocycles. The van der Waals surface area contributed by atoms with Gasteiger partial charge in [-0.2, -0.15) is 0 Å². The summed E-state index contributed by atoms with van der Waals surface area (Å²) in [4.78, 5) is 23.9. The summed E-state index contributed by atoms with van der Waals surface area (Å²) < 4.78 is 31.2. The van der Waals surface area contributed by atoms with Crippen LogP contribution in [0.1, 0.15) is 27.7 Å². The van der Waals surface area contributed by atoms with Gasteiger partial charge in [-0.25, -0.2) is 13.6 Å². The maximum absolute atomic E-state index is 13.1. The van der Waals surface area contributed by atoms with Crippen LogP contribution in [-0.4, -0.2) is 47.2 Å². The van der Waals surface area contributed by atoms with E-state index >= 15 is 0 Å². The highest BCUT2D eigenvalue weighted by Crippen LogP contribution is 2.41. The molecule has 19 heavy (non-hydrogen) atoms. The molecule has 1 N–H and O–H groups in total. The van der Waals surface area contributed by atoms with Crippen molar-refractivity contribution in [1.29, 1.82) is 0 Å². The van der Waals surface area contributed by atoms with Gasteiger partial charge in [0.2, 0.25) is 6.43 Å². The number of amides is 1. The summed E-state index contributed by atoms with van der Waals surface area (Å²) in [6, 6.07) is 0. The van der Waals surface area contributed by atoms with Crippen LogP contribution in [0.4, 0.5) is 13.6 Å². The Morgan fingerprint density at radius 1 is 1.42 bits per heavy atom. The Hall–Kier alpha value is -1.40. The van der Waals surface area contributed by atoms with E-state index in [2.05, 4.69) is 0 Å². The van der Waals surface area contributed by atoms with Crippen molar-refractivity contribution >= 4 is 12.1 Å². The van der Waals surface area contributed by atoms with Gasteiger partial charge in [-0.1, -0.05) is 6.92 Å². The number of hydrogen-bond acceptors (Lipinski definition) is 3. The quantitative estimate of drug-likeness (QED) is 0.841. The smallest absolute Gasteiger partial charge is 0.410 e. The summed E-state index contributed by atoms with van der Waals surface area (Å²) in [6.07, 6.45) is -3.58. The van der Waals surface area contributed by atoms with Gasteiger partial charge in [0.25, 0.3) is 0 Å². The van der Waals surface area contributed by atoms with Gasteiger partial charge in [0.1, 0.15) is 5.60 Å². The van der Waals surface area contributed by atoms with E-state index < -0.39 is 35.4 Å². The van der Waals surface area contributed by atoms with Gasteiger partial charge in [-0.15, -0.1) is 0 Å². The third-order valence-electron chi connectivity index (χ3n) is 3.18. The molecular weight excluding hydrogens is 260 g/mol. The first kappa shape index (κ1) is 15.7. The highest BCUT2D eigenvalue weighted by atomic mass is 19.3. The van der Waals surface area contributed by atoms with Crippen molar-refractivity contribution in [3.63, 3.8) is 0 Å². The van der Waals surface area contributed by atoms with Crippen LogP contribution in [0.3, 0.4) is 0 Å². The molecule has 0 bridgehead atoms. The van der Waals surface area contributed by atoms with E-state index in [0.717, 1.165) is 4.90 Å². The normalized spacial score (nSPS) is 27.7. The van der Waals surface area contributed by atoms with E-state index in [1.807, 2.05) is 0 Å². The largest absolute Gasteiger partial charge is 0.481 e. The molecule has 1 fully saturated rings. The molecule has 0 aromatic heterocycles. The first-order valence-corrected chi connectivity index (χ1v) is 5.96. The van der Waals surface area contributed by atoms with Crippen LogP contribution >= 0.6 is 0 Å². The maximum Gasteiger partial charge on any atom is 0.410 e. The van der Waals surface area contributed by atoms with E-state index in [4.69, 9.17) is 9.84 Å². The van der Waals surface area contributed by atoms with E-state index in [-0.39, 0.29) is 13.1 Å². The first-order chi connectivity index (χ1) is 8.47. The molecule has 0 spiro atoms. The van der Waals surface area contributed by atoms with Crippen molar-refractivity contribution in [2.75, 3.05) is 13.1 Å². The third-order valence-corrected chi connectivity index (χ3v) is 3.18. The Morgan fingerprint density at radius 3 is 2.26 bits per heavy atom. The highest BCUT2D eigenvalue weighted by molar-refractivity contribution is 5.75. The lowest BCUT2D eigenvalue weighted by Crippen LogP contribution is -2.39. The molecule has 2 atom stereocenters. The molecule has 0 radical (unpaired) electrons. The molecule has 0 aromatic rings. The Labute approximate surface area is 110 Å². The molecule has 1 amide bonds. The summed E-state index contributed by atoms with van der Waals surface area (Å²) in [6.45, 7) is 5.56. The molecule has 1 aliphatic rings. The summed E-state index contributed by atoms with van der Waals surface area (Å²) in [5.41, 5.74) is -2.50. The zero-order valence-electron chi connectivity index (χ0n) is 11.4. The average molecular weight is 279 g/mol. The van der Waals surface area contributed by atoms with Crippen LogP contribution in [0.5, 0.6) is 0 Å². The summed E-state index contributed by atoms with van der Waals surface area (Å²) >= 11 is 0. The van der Waals surface area contributed by atoms with Gasteiger partial charge in [0.15, 0.2) is 0 Å². The van der Waals surface area contributed by atoms with Crippen LogP contribution in [-0.2, 0) is 9.53 Å². The number of hydrogen-bond donors (Lipinski definition) is 1. The molecule has 1 rings (SSSR count). The molecule has 0 saturated carbocycles. The molecule has 2 unspecified atom stereocenters. The number of likely N-dealkylation sites (tertiary alicyclic amines) is 1. The summed E-state index contributed by atoms with van der Waals surface area (Å²) in [7, 11) is 0. The van der Waals surface area contributed by atoms with Gasteiger partial charge in [-0.3, -0.25) is 4.79 Å². The maximum atomic E-state index is 13.1. The SMILES string of the molecule is CC(C)(C)OC(=O)N1CC(C(=O)O)C(C)(C(F)F)C1. The standard InChI is InChI=1S/C12H19F2NO4/c1-11(2,3)19-10(18)15-5-7(8(16)17)12(4,6-15)9(13)14/h7,9H,5-6H2,1-4H3,(H,16,17). The fourth-order valence-electron chi connectivity index (χ4n) is 2.06. The number of alkyl halides is 2. The molecule has 1 saturated heterocycles. The number of nitrogens with zero attached hydrogens (tertiary/aromatic N) is 1. The highest BCUT2D eigenvalue weighted by Gasteiger charge is 2.54. The van der Waals surface area contributed by atoms with Gasteiger partial charge in [0.05, 0.1) is 11.3 Å². The van der Waals surface area contributed by atoms with E-state index in [1.165, 1.54) is 6.92 Å². The van der Waals surface area contributed by atoms with Crippen LogP contribution < -0.4 is 0 Å². The lowest BCUT2D eigenvalue weighted by atomic mass is 9.80. The molecule has 7 heteroatoms. The van der Waals surface area contributed by atoms with Crippen molar-refractivity contribution in [3.8, 4) is 0 Å². The second-order valence-electron chi connectivity index (χ2n) is 6.06. The topological polar surface area (TPSA) is 66.8 Å². The monoisotopic (exact) mass is 279 g/mol. The fraction of sp³-hybridized carbons (Fsp3) is 0.833. The van der Waals surface area contributed by atoms with Crippen molar-refractivity contribution in [1.82, 2.24) is 4.90 Å². The van der Waals surface area contributed by atoms with Crippen molar-refractivity contribution in [2.24, 2.45) is 11.3 Å². The summed E-state index contributed by atoms with van der Waals surface area (Å²) in [5, 5.41) is 9.02. The first-order valence-electron chi connectivity index (χ1n) is 5.96. The van der Waals surface area contributed by atoms with Crippen LogP contribution in [0.15, 0.2) is 0 Å².